The zero-order valence-electron chi connectivity index (χ0n) is 7.09. The topological polar surface area (TPSA) is 26.0 Å². The quantitative estimate of drug-likeness (QED) is 0.873. The molecule has 1 saturated carbocycles. The molecule has 1 aliphatic carbocycles. The summed E-state index contributed by atoms with van der Waals surface area (Å²) in [6.07, 6.45) is 1.56. The Morgan fingerprint density at radius 2 is 2.38 bits per heavy atom. The Labute approximate surface area is 89.3 Å². The van der Waals surface area contributed by atoms with Crippen molar-refractivity contribution in [1.82, 2.24) is 0 Å². The molecule has 0 aromatic carbocycles. The third-order valence-corrected chi connectivity index (χ3v) is 4.07. The predicted octanol–water partition coefficient (Wildman–Crippen LogP) is 2.88. The Bertz CT molecular complexity index is 306. The summed E-state index contributed by atoms with van der Waals surface area (Å²) in [6, 6.07) is 2.06. The maximum atomic E-state index is 13.8. The predicted molar refractivity (Wildman–Crippen MR) is 56.8 cm³/mol. The van der Waals surface area contributed by atoms with E-state index in [2.05, 4.69) is 15.9 Å². The number of nitrogens with two attached hydrogens (primary N) is 1. The van der Waals surface area contributed by atoms with Gasteiger partial charge in [-0.2, -0.15) is 0 Å². The Balaban J connectivity index is 1.99. The maximum absolute atomic E-state index is 13.8. The van der Waals surface area contributed by atoms with Crippen LogP contribution in [-0.4, -0.2) is 11.7 Å². The van der Waals surface area contributed by atoms with Crippen LogP contribution in [0.2, 0.25) is 0 Å². The Morgan fingerprint density at radius 3 is 2.85 bits per heavy atom. The molecule has 0 atom stereocenters. The van der Waals surface area contributed by atoms with Crippen molar-refractivity contribution in [3.63, 3.8) is 0 Å². The highest BCUT2D eigenvalue weighted by Gasteiger charge is 2.43. The van der Waals surface area contributed by atoms with E-state index in [1.807, 2.05) is 11.4 Å². The van der Waals surface area contributed by atoms with E-state index in [1.54, 1.807) is 11.3 Å². The van der Waals surface area contributed by atoms with Crippen LogP contribution in [0.15, 0.2) is 15.9 Å². The first kappa shape index (κ1) is 9.62. The van der Waals surface area contributed by atoms with Crippen LogP contribution in [0.1, 0.15) is 17.7 Å². The van der Waals surface area contributed by atoms with Gasteiger partial charge in [-0.3, -0.25) is 0 Å². The molecular formula is C9H11BrFNS. The lowest BCUT2D eigenvalue weighted by Crippen LogP contribution is -2.49. The number of halogens is 2. The Hall–Kier alpha value is 0.0700. The van der Waals surface area contributed by atoms with Crippen LogP contribution in [0, 0.1) is 0 Å². The summed E-state index contributed by atoms with van der Waals surface area (Å²) in [5.41, 5.74) is 4.54. The van der Waals surface area contributed by atoms with E-state index < -0.39 is 5.67 Å². The van der Waals surface area contributed by atoms with E-state index in [0.717, 1.165) is 9.35 Å². The summed E-state index contributed by atoms with van der Waals surface area (Å²) in [4.78, 5) is 1.10. The summed E-state index contributed by atoms with van der Waals surface area (Å²) in [5, 5.41) is 1.98. The lowest BCUT2D eigenvalue weighted by Gasteiger charge is -2.39. The van der Waals surface area contributed by atoms with Crippen LogP contribution in [0.25, 0.3) is 0 Å². The SMILES string of the molecule is NC1CC(F)(Cc2cc(Br)cs2)C1. The molecule has 1 heterocycles. The molecule has 1 aromatic rings. The lowest BCUT2D eigenvalue weighted by molar-refractivity contribution is 0.0452. The van der Waals surface area contributed by atoms with E-state index in [9.17, 15) is 4.39 Å². The van der Waals surface area contributed by atoms with E-state index in [0.29, 0.717) is 19.3 Å². The van der Waals surface area contributed by atoms with Gasteiger partial charge in [-0.15, -0.1) is 11.3 Å². The van der Waals surface area contributed by atoms with Crippen molar-refractivity contribution in [2.24, 2.45) is 5.73 Å². The first-order valence-corrected chi connectivity index (χ1v) is 5.92. The van der Waals surface area contributed by atoms with Gasteiger partial charge in [0.1, 0.15) is 5.67 Å². The average molecular weight is 264 g/mol. The first-order valence-electron chi connectivity index (χ1n) is 4.25. The van der Waals surface area contributed by atoms with Gasteiger partial charge in [-0.05, 0) is 34.8 Å². The van der Waals surface area contributed by atoms with Gasteiger partial charge in [0.05, 0.1) is 0 Å². The molecule has 4 heteroatoms. The first-order chi connectivity index (χ1) is 6.07. The number of rotatable bonds is 2. The minimum Gasteiger partial charge on any atom is -0.327 e. The zero-order valence-corrected chi connectivity index (χ0v) is 9.50. The van der Waals surface area contributed by atoms with Crippen LogP contribution in [0.5, 0.6) is 0 Å². The molecule has 0 unspecified atom stereocenters. The highest BCUT2D eigenvalue weighted by Crippen LogP contribution is 2.39. The third kappa shape index (κ3) is 2.11. The molecule has 0 bridgehead atoms. The molecule has 0 radical (unpaired) electrons. The molecule has 1 nitrogen and oxygen atoms in total. The molecule has 1 fully saturated rings. The van der Waals surface area contributed by atoms with Crippen LogP contribution in [0.3, 0.4) is 0 Å². The molecule has 2 rings (SSSR count). The smallest absolute Gasteiger partial charge is 0.118 e. The van der Waals surface area contributed by atoms with Gasteiger partial charge in [0.2, 0.25) is 0 Å². The van der Waals surface area contributed by atoms with Crippen molar-refractivity contribution < 1.29 is 4.39 Å². The normalized spacial score (nSPS) is 33.0. The van der Waals surface area contributed by atoms with Crippen molar-refractivity contribution in [3.05, 3.63) is 20.8 Å². The lowest BCUT2D eigenvalue weighted by atomic mass is 9.75. The molecule has 0 amide bonds. The van der Waals surface area contributed by atoms with Crippen molar-refractivity contribution in [3.8, 4) is 0 Å². The monoisotopic (exact) mass is 263 g/mol. The van der Waals surface area contributed by atoms with Crippen molar-refractivity contribution in [1.29, 1.82) is 0 Å². The average Bonchev–Trinajstić information content (AvgIpc) is 2.32. The highest BCUT2D eigenvalue weighted by atomic mass is 79.9. The molecule has 0 saturated heterocycles. The summed E-state index contributed by atoms with van der Waals surface area (Å²) >= 11 is 4.95. The number of thiophene rings is 1. The van der Waals surface area contributed by atoms with E-state index >= 15 is 0 Å². The van der Waals surface area contributed by atoms with Gasteiger partial charge in [0.15, 0.2) is 0 Å². The van der Waals surface area contributed by atoms with Gasteiger partial charge >= 0.3 is 0 Å². The van der Waals surface area contributed by atoms with Gasteiger partial charge in [-0.1, -0.05) is 0 Å². The molecule has 13 heavy (non-hydrogen) atoms. The van der Waals surface area contributed by atoms with Gasteiger partial charge in [-0.25, -0.2) is 4.39 Å². The number of hydrogen-bond acceptors (Lipinski definition) is 2. The molecule has 1 aliphatic rings. The second-order valence-electron chi connectivity index (χ2n) is 3.73. The molecule has 0 spiro atoms. The summed E-state index contributed by atoms with van der Waals surface area (Å²) in [6.45, 7) is 0. The Kier molecular flexibility index (Phi) is 2.47. The largest absolute Gasteiger partial charge is 0.327 e. The van der Waals surface area contributed by atoms with Crippen molar-refractivity contribution >= 4 is 27.3 Å². The summed E-state index contributed by atoms with van der Waals surface area (Å²) < 4.78 is 14.8. The van der Waals surface area contributed by atoms with Gasteiger partial charge in [0, 0.05) is 27.2 Å². The van der Waals surface area contributed by atoms with Crippen molar-refractivity contribution in [2.75, 3.05) is 0 Å². The van der Waals surface area contributed by atoms with Crippen LogP contribution in [0.4, 0.5) is 4.39 Å². The van der Waals surface area contributed by atoms with Crippen LogP contribution < -0.4 is 5.73 Å². The minimum atomic E-state index is -1.02. The van der Waals surface area contributed by atoms with Gasteiger partial charge < -0.3 is 5.73 Å². The molecule has 2 N–H and O–H groups in total. The van der Waals surface area contributed by atoms with Crippen molar-refractivity contribution in [2.45, 2.75) is 31.0 Å². The Morgan fingerprint density at radius 1 is 1.69 bits per heavy atom. The van der Waals surface area contributed by atoms with E-state index in [-0.39, 0.29) is 6.04 Å². The fourth-order valence-corrected chi connectivity index (χ4v) is 3.36. The van der Waals surface area contributed by atoms with E-state index in [4.69, 9.17) is 5.73 Å². The summed E-state index contributed by atoms with van der Waals surface area (Å²) in [5.74, 6) is 0. The number of alkyl halides is 1. The second kappa shape index (κ2) is 3.33. The molecule has 0 aliphatic heterocycles. The number of hydrogen-bond donors (Lipinski definition) is 1. The highest BCUT2D eigenvalue weighted by molar-refractivity contribution is 9.10. The van der Waals surface area contributed by atoms with Crippen LogP contribution >= 0.6 is 27.3 Å². The standard InChI is InChI=1S/C9H11BrFNS/c10-6-1-8(13-5-6)4-9(11)2-7(12)3-9/h1,5,7H,2-4,12H2. The fraction of sp³-hybridized carbons (Fsp3) is 0.556. The fourth-order valence-electron chi connectivity index (χ4n) is 1.78. The zero-order chi connectivity index (χ0) is 9.47. The second-order valence-corrected chi connectivity index (χ2v) is 5.64. The van der Waals surface area contributed by atoms with Gasteiger partial charge in [0.25, 0.3) is 0 Å². The molecule has 1 aromatic heterocycles. The molecule has 72 valence electrons. The van der Waals surface area contributed by atoms with E-state index in [1.165, 1.54) is 0 Å². The minimum absolute atomic E-state index is 0.0772. The summed E-state index contributed by atoms with van der Waals surface area (Å²) in [7, 11) is 0. The molecular weight excluding hydrogens is 253 g/mol. The third-order valence-electron chi connectivity index (χ3n) is 2.37. The van der Waals surface area contributed by atoms with Crippen LogP contribution in [-0.2, 0) is 6.42 Å². The maximum Gasteiger partial charge on any atom is 0.118 e.